The van der Waals surface area contributed by atoms with Gasteiger partial charge in [-0.1, -0.05) is 62.0 Å². The third-order valence-corrected chi connectivity index (χ3v) is 4.85. The van der Waals surface area contributed by atoms with Crippen molar-refractivity contribution in [2.75, 3.05) is 6.54 Å². The van der Waals surface area contributed by atoms with E-state index < -0.39 is 0 Å². The van der Waals surface area contributed by atoms with Crippen molar-refractivity contribution in [3.05, 3.63) is 94.8 Å². The number of aromatic nitrogens is 1. The van der Waals surface area contributed by atoms with E-state index in [1.165, 1.54) is 0 Å². The number of nitrogens with zero attached hydrogens (tertiary/aromatic N) is 2. The van der Waals surface area contributed by atoms with Crippen LogP contribution >= 0.6 is 11.8 Å². The summed E-state index contributed by atoms with van der Waals surface area (Å²) in [5.74, 6) is 0.662. The molecule has 1 aromatic carbocycles. The van der Waals surface area contributed by atoms with Gasteiger partial charge in [0.1, 0.15) is 6.29 Å². The fourth-order valence-electron chi connectivity index (χ4n) is 2.35. The fourth-order valence-corrected chi connectivity index (χ4v) is 3.17. The summed E-state index contributed by atoms with van der Waals surface area (Å²) in [7, 11) is 0. The number of benzene rings is 1. The number of aldehydes is 1. The van der Waals surface area contributed by atoms with Gasteiger partial charge in [-0.15, -0.1) is 0 Å². The standard InChI is InChI=1S/C20H16N2OS.C4H11N/c1-2-7-15(13-23)12-16-14-24-19-10-4-3-8-17(19)20(22-16)18-9-5-6-11-21-18;1-4(2)3-5/h2-14H,1H3;4H,3,5H2,1-2H3/b7-2-,15-12+;. The second kappa shape index (κ2) is 11.9. The van der Waals surface area contributed by atoms with E-state index in [0.717, 1.165) is 40.4 Å². The molecule has 0 unspecified atom stereocenters. The summed E-state index contributed by atoms with van der Waals surface area (Å²) in [5.41, 5.74) is 9.15. The van der Waals surface area contributed by atoms with Crippen LogP contribution in [0, 0.1) is 5.92 Å². The van der Waals surface area contributed by atoms with E-state index in [2.05, 4.69) is 24.9 Å². The molecule has 1 aliphatic heterocycles. The maximum absolute atomic E-state index is 11.2. The summed E-state index contributed by atoms with van der Waals surface area (Å²) < 4.78 is 0. The molecule has 0 radical (unpaired) electrons. The fraction of sp³-hybridized carbons (Fsp3) is 0.208. The van der Waals surface area contributed by atoms with Crippen LogP contribution in [-0.2, 0) is 4.79 Å². The quantitative estimate of drug-likeness (QED) is 0.423. The maximum Gasteiger partial charge on any atom is 0.150 e. The van der Waals surface area contributed by atoms with Gasteiger partial charge in [-0.25, -0.2) is 4.99 Å². The molecule has 3 rings (SSSR count). The van der Waals surface area contributed by atoms with Gasteiger partial charge >= 0.3 is 0 Å². The summed E-state index contributed by atoms with van der Waals surface area (Å²) in [5, 5.41) is 1.96. The molecule has 2 N–H and O–H groups in total. The van der Waals surface area contributed by atoms with Crippen LogP contribution < -0.4 is 5.73 Å². The van der Waals surface area contributed by atoms with Crippen molar-refractivity contribution in [3.8, 4) is 0 Å². The molecule has 29 heavy (non-hydrogen) atoms. The molecule has 1 aliphatic rings. The third-order valence-electron chi connectivity index (χ3n) is 3.88. The van der Waals surface area contributed by atoms with Gasteiger partial charge in [0, 0.05) is 27.6 Å². The van der Waals surface area contributed by atoms with Crippen LogP contribution in [0.1, 0.15) is 32.0 Å². The molecule has 0 fully saturated rings. The predicted octanol–water partition coefficient (Wildman–Crippen LogP) is 5.17. The molecular formula is C24H27N3OS. The van der Waals surface area contributed by atoms with Crippen LogP contribution in [0.25, 0.3) is 0 Å². The van der Waals surface area contributed by atoms with E-state index in [1.54, 1.807) is 30.1 Å². The molecular weight excluding hydrogens is 378 g/mol. The number of hydrogen-bond donors (Lipinski definition) is 1. The van der Waals surface area contributed by atoms with Crippen molar-refractivity contribution < 1.29 is 4.79 Å². The van der Waals surface area contributed by atoms with Crippen LogP contribution in [0.5, 0.6) is 0 Å². The lowest BCUT2D eigenvalue weighted by atomic mass is 10.1. The zero-order valence-electron chi connectivity index (χ0n) is 17.1. The van der Waals surface area contributed by atoms with E-state index in [4.69, 9.17) is 10.7 Å². The monoisotopic (exact) mass is 405 g/mol. The van der Waals surface area contributed by atoms with E-state index in [1.807, 2.05) is 54.8 Å². The Bertz CT molecular complexity index is 928. The van der Waals surface area contributed by atoms with Gasteiger partial charge in [-0.2, -0.15) is 0 Å². The number of hydrogen-bond acceptors (Lipinski definition) is 5. The van der Waals surface area contributed by atoms with Crippen molar-refractivity contribution in [1.82, 2.24) is 4.98 Å². The summed E-state index contributed by atoms with van der Waals surface area (Å²) in [4.78, 5) is 21.5. The number of pyridine rings is 1. The van der Waals surface area contributed by atoms with Gasteiger partial charge in [-0.05, 0) is 43.7 Å². The number of thioether (sulfide) groups is 1. The minimum atomic E-state index is 0.583. The zero-order valence-corrected chi connectivity index (χ0v) is 17.9. The Hall–Kier alpha value is -2.76. The Labute approximate surface area is 177 Å². The molecule has 2 heterocycles. The summed E-state index contributed by atoms with van der Waals surface area (Å²) in [6.07, 6.45) is 7.98. The Morgan fingerprint density at radius 3 is 2.52 bits per heavy atom. The lowest BCUT2D eigenvalue weighted by molar-refractivity contribution is -0.104. The van der Waals surface area contributed by atoms with Crippen LogP contribution in [0.15, 0.2) is 93.5 Å². The second-order valence-corrected chi connectivity index (χ2v) is 7.64. The summed E-state index contributed by atoms with van der Waals surface area (Å²) in [6, 6.07) is 13.9. The molecule has 2 aromatic rings. The Morgan fingerprint density at radius 1 is 1.17 bits per heavy atom. The number of nitrogens with two attached hydrogens (primary N) is 1. The van der Waals surface area contributed by atoms with Gasteiger partial charge < -0.3 is 5.73 Å². The first-order chi connectivity index (χ1) is 14.1. The first-order valence-corrected chi connectivity index (χ1v) is 10.4. The Kier molecular flexibility index (Phi) is 9.28. The zero-order chi connectivity index (χ0) is 21.1. The number of aliphatic imine (C=N–C) groups is 1. The minimum Gasteiger partial charge on any atom is -0.330 e. The second-order valence-electron chi connectivity index (χ2n) is 6.72. The van der Waals surface area contributed by atoms with Crippen molar-refractivity contribution >= 4 is 23.8 Å². The molecule has 4 nitrogen and oxygen atoms in total. The highest BCUT2D eigenvalue weighted by Crippen LogP contribution is 2.31. The molecule has 150 valence electrons. The normalized spacial score (nSPS) is 13.8. The van der Waals surface area contributed by atoms with E-state index in [9.17, 15) is 4.79 Å². The van der Waals surface area contributed by atoms with Gasteiger partial charge in [0.05, 0.1) is 17.1 Å². The highest BCUT2D eigenvalue weighted by Gasteiger charge is 2.16. The van der Waals surface area contributed by atoms with Gasteiger partial charge in [0.2, 0.25) is 0 Å². The van der Waals surface area contributed by atoms with Crippen molar-refractivity contribution in [1.29, 1.82) is 0 Å². The maximum atomic E-state index is 11.2. The average molecular weight is 406 g/mol. The topological polar surface area (TPSA) is 68.3 Å². The van der Waals surface area contributed by atoms with Crippen LogP contribution in [0.2, 0.25) is 0 Å². The molecule has 0 amide bonds. The number of allylic oxidation sites excluding steroid dienone is 4. The van der Waals surface area contributed by atoms with E-state index in [-0.39, 0.29) is 0 Å². The highest BCUT2D eigenvalue weighted by atomic mass is 32.2. The average Bonchev–Trinajstić information content (AvgIpc) is 2.94. The molecule has 0 spiro atoms. The predicted molar refractivity (Wildman–Crippen MR) is 123 cm³/mol. The third kappa shape index (κ3) is 6.97. The molecule has 0 atom stereocenters. The van der Waals surface area contributed by atoms with E-state index in [0.29, 0.717) is 11.5 Å². The van der Waals surface area contributed by atoms with Crippen molar-refractivity contribution in [2.45, 2.75) is 25.7 Å². The van der Waals surface area contributed by atoms with Crippen molar-refractivity contribution in [3.63, 3.8) is 0 Å². The van der Waals surface area contributed by atoms with Crippen LogP contribution in [-0.4, -0.2) is 23.5 Å². The summed E-state index contributed by atoms with van der Waals surface area (Å²) in [6.45, 7) is 6.88. The van der Waals surface area contributed by atoms with Crippen molar-refractivity contribution in [2.24, 2.45) is 16.6 Å². The number of carbonyl (C=O) groups excluding carboxylic acids is 1. The molecule has 0 saturated heterocycles. The lowest BCUT2D eigenvalue weighted by Crippen LogP contribution is -2.06. The molecule has 0 saturated carbocycles. The molecule has 1 aromatic heterocycles. The highest BCUT2D eigenvalue weighted by molar-refractivity contribution is 8.02. The Morgan fingerprint density at radius 2 is 1.90 bits per heavy atom. The number of rotatable bonds is 5. The SMILES string of the molecule is C/C=C\C(C=O)=C/C1=CSc2ccccc2C(c2ccccn2)=N1.CC(C)CN. The molecule has 5 heteroatoms. The van der Waals surface area contributed by atoms with Crippen LogP contribution in [0.4, 0.5) is 0 Å². The molecule has 0 aliphatic carbocycles. The van der Waals surface area contributed by atoms with E-state index >= 15 is 0 Å². The first-order valence-electron chi connectivity index (χ1n) is 9.55. The molecule has 0 bridgehead atoms. The Balaban J connectivity index is 0.000000537. The first kappa shape index (κ1) is 22.5. The summed E-state index contributed by atoms with van der Waals surface area (Å²) >= 11 is 1.60. The van der Waals surface area contributed by atoms with Gasteiger partial charge in [-0.3, -0.25) is 9.78 Å². The minimum absolute atomic E-state index is 0.583. The number of fused-ring (bicyclic) bond motifs is 1. The smallest absolute Gasteiger partial charge is 0.150 e. The number of carbonyl (C=O) groups is 1. The van der Waals surface area contributed by atoms with Crippen LogP contribution in [0.3, 0.4) is 0 Å². The van der Waals surface area contributed by atoms with Gasteiger partial charge in [0.25, 0.3) is 0 Å². The largest absolute Gasteiger partial charge is 0.330 e. The lowest BCUT2D eigenvalue weighted by Gasteiger charge is -2.08. The van der Waals surface area contributed by atoms with Gasteiger partial charge in [0.15, 0.2) is 0 Å².